The van der Waals surface area contributed by atoms with Crippen molar-refractivity contribution in [3.63, 3.8) is 0 Å². The summed E-state index contributed by atoms with van der Waals surface area (Å²) in [5, 5.41) is 15.3. The topological polar surface area (TPSA) is 86.6 Å². The average molecular weight is 486 g/mol. The number of hydrogen-bond acceptors (Lipinski definition) is 4. The molecule has 3 rings (SSSR count). The van der Waals surface area contributed by atoms with Crippen LogP contribution in [-0.4, -0.2) is 28.9 Å². The largest absolute Gasteiger partial charge is 0.465 e. The highest BCUT2D eigenvalue weighted by molar-refractivity contribution is 14.1. The Bertz CT molecular complexity index is 960. The molecule has 3 N–H and O–H groups in total. The van der Waals surface area contributed by atoms with Crippen LogP contribution in [0.25, 0.3) is 11.1 Å². The minimum Gasteiger partial charge on any atom is -0.465 e. The Morgan fingerprint density at radius 3 is 2.64 bits per heavy atom. The predicted octanol–water partition coefficient (Wildman–Crippen LogP) is 4.61. The van der Waals surface area contributed by atoms with Crippen LogP contribution in [-0.2, 0) is 6.42 Å². The van der Waals surface area contributed by atoms with Gasteiger partial charge in [0.2, 0.25) is 0 Å². The van der Waals surface area contributed by atoms with E-state index in [1.807, 2.05) is 60.8 Å². The first-order chi connectivity index (χ1) is 13.6. The molecule has 0 aliphatic carbocycles. The molecule has 142 valence electrons. The lowest BCUT2D eigenvalue weighted by molar-refractivity contribution is 0.194. The summed E-state index contributed by atoms with van der Waals surface area (Å²) >= 11 is 2.25. The minimum atomic E-state index is -1.00. The van der Waals surface area contributed by atoms with Crippen LogP contribution in [0.1, 0.15) is 11.1 Å². The van der Waals surface area contributed by atoms with Gasteiger partial charge in [0.25, 0.3) is 0 Å². The van der Waals surface area contributed by atoms with Crippen LogP contribution in [0.15, 0.2) is 72.1 Å². The summed E-state index contributed by atoms with van der Waals surface area (Å²) in [4.78, 5) is 14.6. The molecule has 1 heterocycles. The highest BCUT2D eigenvalue weighted by atomic mass is 127. The third-order valence-corrected chi connectivity index (χ3v) is 5.04. The van der Waals surface area contributed by atoms with Crippen molar-refractivity contribution < 1.29 is 9.90 Å². The molecule has 1 aromatic heterocycles. The first kappa shape index (κ1) is 19.8. The van der Waals surface area contributed by atoms with Crippen molar-refractivity contribution in [3.05, 3.63) is 81.7 Å². The van der Waals surface area contributed by atoms with Crippen LogP contribution in [0.2, 0.25) is 0 Å². The molecule has 1 amide bonds. The number of carboxylic acid groups (broad SMARTS) is 1. The number of benzene rings is 2. The quantitative estimate of drug-likeness (QED) is 0.259. The molecule has 0 aliphatic rings. The van der Waals surface area contributed by atoms with Crippen molar-refractivity contribution in [1.29, 1.82) is 0 Å². The Hall–Kier alpha value is -2.94. The van der Waals surface area contributed by atoms with Gasteiger partial charge < -0.3 is 10.4 Å². The molecule has 0 atom stereocenters. The van der Waals surface area contributed by atoms with Crippen molar-refractivity contribution >= 4 is 40.6 Å². The zero-order valence-electron chi connectivity index (χ0n) is 15.0. The molecule has 2 aromatic carbocycles. The highest BCUT2D eigenvalue weighted by Crippen LogP contribution is 2.20. The zero-order valence-corrected chi connectivity index (χ0v) is 17.1. The van der Waals surface area contributed by atoms with E-state index in [9.17, 15) is 4.79 Å². The lowest BCUT2D eigenvalue weighted by Gasteiger charge is -2.06. The second-order valence-corrected chi connectivity index (χ2v) is 7.18. The van der Waals surface area contributed by atoms with E-state index in [2.05, 4.69) is 43.4 Å². The number of hydrazone groups is 1. The van der Waals surface area contributed by atoms with Crippen molar-refractivity contribution in [1.82, 2.24) is 10.3 Å². The second kappa shape index (κ2) is 9.84. The fourth-order valence-electron chi connectivity index (χ4n) is 2.60. The molecule has 28 heavy (non-hydrogen) atoms. The molecule has 0 bridgehead atoms. The van der Waals surface area contributed by atoms with Gasteiger partial charge in [-0.3, -0.25) is 10.4 Å². The van der Waals surface area contributed by atoms with Crippen LogP contribution in [0.5, 0.6) is 0 Å². The Labute approximate surface area is 176 Å². The molecule has 3 aromatic rings. The normalized spacial score (nSPS) is 10.8. The van der Waals surface area contributed by atoms with Gasteiger partial charge in [0.1, 0.15) is 0 Å². The summed E-state index contributed by atoms with van der Waals surface area (Å²) in [6.45, 7) is 0.398. The van der Waals surface area contributed by atoms with Crippen LogP contribution in [0.4, 0.5) is 10.5 Å². The van der Waals surface area contributed by atoms with Gasteiger partial charge in [0, 0.05) is 22.5 Å². The van der Waals surface area contributed by atoms with E-state index in [1.165, 1.54) is 0 Å². The van der Waals surface area contributed by atoms with Gasteiger partial charge in [-0.15, -0.1) is 0 Å². The minimum absolute atomic E-state index is 0.398. The van der Waals surface area contributed by atoms with Crippen molar-refractivity contribution in [2.45, 2.75) is 6.42 Å². The Morgan fingerprint density at radius 1 is 1.14 bits per heavy atom. The monoisotopic (exact) mass is 486 g/mol. The number of pyridine rings is 1. The van der Waals surface area contributed by atoms with Crippen molar-refractivity contribution in [3.8, 4) is 11.1 Å². The number of nitrogens with zero attached hydrogens (tertiary/aromatic N) is 2. The first-order valence-electron chi connectivity index (χ1n) is 8.66. The molecule has 0 aliphatic heterocycles. The summed E-state index contributed by atoms with van der Waals surface area (Å²) in [6.07, 6.45) is 5.01. The van der Waals surface area contributed by atoms with Crippen LogP contribution >= 0.6 is 22.6 Å². The Kier molecular flexibility index (Phi) is 6.96. The predicted molar refractivity (Wildman–Crippen MR) is 120 cm³/mol. The summed E-state index contributed by atoms with van der Waals surface area (Å²) in [5.74, 6) is 0. The fraction of sp³-hybridized carbons (Fsp3) is 0.0952. The van der Waals surface area contributed by atoms with Gasteiger partial charge in [-0.05, 0) is 75.5 Å². The average Bonchev–Trinajstić information content (AvgIpc) is 2.70. The second-order valence-electron chi connectivity index (χ2n) is 6.02. The molecule has 0 saturated heterocycles. The first-order valence-corrected chi connectivity index (χ1v) is 9.74. The molecular formula is C21H19IN4O2. The number of aromatic nitrogens is 1. The zero-order chi connectivity index (χ0) is 19.8. The van der Waals surface area contributed by atoms with E-state index in [-0.39, 0.29) is 0 Å². The number of halogens is 1. The number of nitrogens with one attached hydrogen (secondary N) is 2. The summed E-state index contributed by atoms with van der Waals surface area (Å²) in [6, 6.07) is 17.9. The number of anilines is 1. The number of hydrogen-bond donors (Lipinski definition) is 3. The lowest BCUT2D eigenvalue weighted by atomic mass is 10.1. The van der Waals surface area contributed by atoms with Crippen molar-refractivity contribution in [2.24, 2.45) is 5.10 Å². The third kappa shape index (κ3) is 5.78. The van der Waals surface area contributed by atoms with E-state index < -0.39 is 6.09 Å². The maximum absolute atomic E-state index is 10.5. The molecule has 0 unspecified atom stereocenters. The van der Waals surface area contributed by atoms with E-state index in [4.69, 9.17) is 5.11 Å². The molecule has 6 nitrogen and oxygen atoms in total. The molecule has 0 saturated carbocycles. The van der Waals surface area contributed by atoms with Gasteiger partial charge >= 0.3 is 6.09 Å². The van der Waals surface area contributed by atoms with E-state index in [0.29, 0.717) is 13.0 Å². The smallest absolute Gasteiger partial charge is 0.404 e. The van der Waals surface area contributed by atoms with E-state index in [1.54, 1.807) is 12.4 Å². The maximum atomic E-state index is 10.5. The number of amides is 1. The van der Waals surface area contributed by atoms with Gasteiger partial charge in [0.05, 0.1) is 11.9 Å². The number of rotatable bonds is 7. The summed E-state index contributed by atoms with van der Waals surface area (Å²) in [5.41, 5.74) is 8.18. The van der Waals surface area contributed by atoms with Gasteiger partial charge in [0.15, 0.2) is 0 Å². The van der Waals surface area contributed by atoms with Gasteiger partial charge in [-0.1, -0.05) is 30.3 Å². The summed E-state index contributed by atoms with van der Waals surface area (Å²) in [7, 11) is 0. The van der Waals surface area contributed by atoms with Gasteiger partial charge in [-0.2, -0.15) is 5.10 Å². The SMILES string of the molecule is O=C(O)NCCc1ccc(C=NNc2ccc(-c3cccnc3)cc2)cc1I. The molecular weight excluding hydrogens is 467 g/mol. The van der Waals surface area contributed by atoms with Crippen LogP contribution in [0.3, 0.4) is 0 Å². The van der Waals surface area contributed by atoms with Crippen molar-refractivity contribution in [2.75, 3.05) is 12.0 Å². The van der Waals surface area contributed by atoms with Gasteiger partial charge in [-0.25, -0.2) is 4.79 Å². The lowest BCUT2D eigenvalue weighted by Crippen LogP contribution is -2.23. The molecule has 7 heteroatoms. The maximum Gasteiger partial charge on any atom is 0.404 e. The number of carbonyl (C=O) groups is 1. The third-order valence-electron chi connectivity index (χ3n) is 4.03. The highest BCUT2D eigenvalue weighted by Gasteiger charge is 2.02. The molecule has 0 radical (unpaired) electrons. The van der Waals surface area contributed by atoms with Crippen LogP contribution < -0.4 is 10.7 Å². The van der Waals surface area contributed by atoms with E-state index >= 15 is 0 Å². The van der Waals surface area contributed by atoms with E-state index in [0.717, 1.165) is 31.5 Å². The Balaban J connectivity index is 1.57. The Morgan fingerprint density at radius 2 is 1.96 bits per heavy atom. The standard InChI is InChI=1S/C21H19IN4O2/c22-20-12-15(3-4-17(20)9-11-24-21(27)28)13-25-26-19-7-5-16(6-8-19)18-2-1-10-23-14-18/h1-8,10,12-14,24,26H,9,11H2,(H,27,28). The molecule has 0 spiro atoms. The van der Waals surface area contributed by atoms with Crippen LogP contribution in [0, 0.1) is 3.57 Å². The summed E-state index contributed by atoms with van der Waals surface area (Å²) < 4.78 is 1.08. The molecule has 0 fully saturated rings. The fourth-order valence-corrected chi connectivity index (χ4v) is 3.41.